The first-order valence-electron chi connectivity index (χ1n) is 9.56. The molecule has 29 heavy (non-hydrogen) atoms. The second-order valence-corrected chi connectivity index (χ2v) is 10.4. The molecular weight excluding hydrogens is 375 g/mol. The van der Waals surface area contributed by atoms with Gasteiger partial charge in [0.05, 0.1) is 12.1 Å². The van der Waals surface area contributed by atoms with Gasteiger partial charge in [0.25, 0.3) is 0 Å². The van der Waals surface area contributed by atoms with Gasteiger partial charge in [-0.3, -0.25) is 0 Å². The highest BCUT2D eigenvalue weighted by Crippen LogP contribution is 2.58. The van der Waals surface area contributed by atoms with Crippen molar-refractivity contribution in [2.45, 2.75) is 6.16 Å². The number of hydrogen-bond acceptors (Lipinski definition) is 2. The second-order valence-electron chi connectivity index (χ2n) is 6.92. The third kappa shape index (κ3) is 3.72. The smallest absolute Gasteiger partial charge is 0.116 e. The summed E-state index contributed by atoms with van der Waals surface area (Å²) in [5.41, 5.74) is 1.07. The summed E-state index contributed by atoms with van der Waals surface area (Å²) >= 11 is 0. The summed E-state index contributed by atoms with van der Waals surface area (Å²) in [6.07, 6.45) is 0.620. The Bertz CT molecular complexity index is 996. The summed E-state index contributed by atoms with van der Waals surface area (Å²) < 4.78 is 0. The van der Waals surface area contributed by atoms with Gasteiger partial charge in [0.1, 0.15) is 23.2 Å². The number of benzene rings is 4. The van der Waals surface area contributed by atoms with E-state index in [4.69, 9.17) is 0 Å². The summed E-state index contributed by atoms with van der Waals surface area (Å²) in [6, 6.07) is 38.6. The number of hydrogen-bond donors (Lipinski definition) is 0. The van der Waals surface area contributed by atoms with Gasteiger partial charge in [-0.2, -0.15) is 0 Å². The van der Waals surface area contributed by atoms with Gasteiger partial charge in [-0.05, 0) is 42.0 Å². The first-order chi connectivity index (χ1) is 14.2. The summed E-state index contributed by atoms with van der Waals surface area (Å²) in [6.45, 7) is 0. The van der Waals surface area contributed by atoms with Gasteiger partial charge < -0.3 is 9.90 Å². The Labute approximate surface area is 171 Å². The lowest BCUT2D eigenvalue weighted by atomic mass is 10.1. The van der Waals surface area contributed by atoms with E-state index in [2.05, 4.69) is 72.8 Å². The van der Waals surface area contributed by atoms with Crippen LogP contribution in [0.2, 0.25) is 0 Å². The number of carbonyl (C=O) groups excluding carboxylic acids is 1. The maximum Gasteiger partial charge on any atom is 0.116 e. The molecule has 0 atom stereocenters. The second kappa shape index (κ2) is 8.43. The molecule has 142 valence electrons. The fourth-order valence-corrected chi connectivity index (χ4v) is 8.15. The van der Waals surface area contributed by atoms with Crippen LogP contribution in [-0.4, -0.2) is 5.97 Å². The van der Waals surface area contributed by atoms with Crippen molar-refractivity contribution in [3.05, 3.63) is 126 Å². The zero-order chi connectivity index (χ0) is 20.1. The van der Waals surface area contributed by atoms with E-state index in [0.29, 0.717) is 6.16 Å². The number of carboxylic acids is 1. The van der Waals surface area contributed by atoms with Crippen LogP contribution in [0.1, 0.15) is 15.9 Å². The molecule has 0 saturated carbocycles. The van der Waals surface area contributed by atoms with Crippen molar-refractivity contribution in [3.63, 3.8) is 0 Å². The van der Waals surface area contributed by atoms with Crippen molar-refractivity contribution < 1.29 is 9.90 Å². The van der Waals surface area contributed by atoms with E-state index < -0.39 is 13.2 Å². The largest absolute Gasteiger partial charge is 0.545 e. The highest BCUT2D eigenvalue weighted by atomic mass is 31.2. The lowest BCUT2D eigenvalue weighted by Crippen LogP contribution is -2.33. The third-order valence-corrected chi connectivity index (χ3v) is 9.59. The van der Waals surface area contributed by atoms with Crippen LogP contribution >= 0.6 is 7.26 Å². The molecule has 0 aliphatic rings. The van der Waals surface area contributed by atoms with E-state index in [1.807, 2.05) is 30.3 Å². The van der Waals surface area contributed by atoms with E-state index >= 15 is 0 Å². The summed E-state index contributed by atoms with van der Waals surface area (Å²) in [4.78, 5) is 11.8. The fraction of sp³-hybridized carbons (Fsp3) is 0.0385. The zero-order valence-corrected chi connectivity index (χ0v) is 16.8. The molecule has 2 nitrogen and oxygen atoms in total. The predicted molar refractivity (Wildman–Crippen MR) is 120 cm³/mol. The Hall–Kier alpha value is -3.22. The molecule has 0 aliphatic heterocycles. The summed E-state index contributed by atoms with van der Waals surface area (Å²) in [7, 11) is -2.13. The molecule has 0 N–H and O–H groups in total. The van der Waals surface area contributed by atoms with Gasteiger partial charge >= 0.3 is 0 Å². The molecule has 0 amide bonds. The van der Waals surface area contributed by atoms with Crippen molar-refractivity contribution in [2.24, 2.45) is 0 Å². The molecule has 0 radical (unpaired) electrons. The van der Waals surface area contributed by atoms with Crippen LogP contribution in [0.5, 0.6) is 0 Å². The van der Waals surface area contributed by atoms with Gasteiger partial charge in [0, 0.05) is 5.56 Å². The summed E-state index contributed by atoms with van der Waals surface area (Å²) in [5, 5.41) is 15.5. The molecule has 0 fully saturated rings. The predicted octanol–water partition coefficient (Wildman–Crippen LogP) is 3.54. The van der Waals surface area contributed by atoms with E-state index in [9.17, 15) is 9.90 Å². The van der Waals surface area contributed by atoms with Crippen molar-refractivity contribution in [1.82, 2.24) is 0 Å². The molecule has 4 aromatic carbocycles. The highest BCUT2D eigenvalue weighted by Gasteiger charge is 2.45. The Morgan fingerprint density at radius 2 is 0.966 bits per heavy atom. The van der Waals surface area contributed by atoms with Crippen molar-refractivity contribution in [1.29, 1.82) is 0 Å². The molecule has 4 rings (SSSR count). The van der Waals surface area contributed by atoms with E-state index in [1.54, 1.807) is 12.1 Å². The number of carboxylic acid groups (broad SMARTS) is 1. The minimum Gasteiger partial charge on any atom is -0.545 e. The molecule has 0 spiro atoms. The van der Waals surface area contributed by atoms with Crippen LogP contribution in [0.4, 0.5) is 0 Å². The zero-order valence-electron chi connectivity index (χ0n) is 15.9. The van der Waals surface area contributed by atoms with Crippen LogP contribution in [0, 0.1) is 0 Å². The van der Waals surface area contributed by atoms with E-state index in [-0.39, 0.29) is 5.56 Å². The van der Waals surface area contributed by atoms with Crippen LogP contribution < -0.4 is 21.0 Å². The average molecular weight is 396 g/mol. The van der Waals surface area contributed by atoms with Crippen LogP contribution in [0.3, 0.4) is 0 Å². The maximum absolute atomic E-state index is 11.8. The molecule has 0 unspecified atom stereocenters. The van der Waals surface area contributed by atoms with E-state index in [1.165, 1.54) is 15.9 Å². The number of aromatic carboxylic acids is 1. The maximum atomic E-state index is 11.8. The molecule has 4 aromatic rings. The third-order valence-electron chi connectivity index (χ3n) is 5.24. The quantitative estimate of drug-likeness (QED) is 0.468. The van der Waals surface area contributed by atoms with Gasteiger partial charge in [-0.15, -0.1) is 0 Å². The Kier molecular flexibility index (Phi) is 5.55. The molecule has 0 saturated heterocycles. The van der Waals surface area contributed by atoms with E-state index in [0.717, 1.165) is 5.56 Å². The standard InChI is InChI=1S/C26H21O2P/c27-26(28)25-19-11-10-12-21(25)20-29(22-13-4-1-5-14-22,23-15-6-2-7-16-23)24-17-8-3-9-18-24/h1-19H,20H2. The molecule has 3 heteroatoms. The molecular formula is C26H21O2P. The Morgan fingerprint density at radius 1 is 0.586 bits per heavy atom. The van der Waals surface area contributed by atoms with Gasteiger partial charge in [0.15, 0.2) is 0 Å². The molecule has 0 bridgehead atoms. The SMILES string of the molecule is O=C([O-])c1ccccc1C[P+](c1ccccc1)(c1ccccc1)c1ccccc1. The minimum atomic E-state index is -2.13. The Balaban J connectivity index is 2.03. The van der Waals surface area contributed by atoms with Crippen molar-refractivity contribution in [3.8, 4) is 0 Å². The fourth-order valence-electron chi connectivity index (χ4n) is 3.88. The minimum absolute atomic E-state index is 0.264. The Morgan fingerprint density at radius 3 is 1.38 bits per heavy atom. The molecule has 0 heterocycles. The lowest BCUT2D eigenvalue weighted by Gasteiger charge is -2.28. The average Bonchev–Trinajstić information content (AvgIpc) is 2.79. The van der Waals surface area contributed by atoms with Crippen LogP contribution in [0.15, 0.2) is 115 Å². The normalized spacial score (nSPS) is 11.2. The first kappa shape index (κ1) is 19.1. The van der Waals surface area contributed by atoms with Crippen molar-refractivity contribution >= 4 is 29.1 Å². The van der Waals surface area contributed by atoms with Gasteiger partial charge in [-0.1, -0.05) is 78.9 Å². The monoisotopic (exact) mass is 396 g/mol. The summed E-state index contributed by atoms with van der Waals surface area (Å²) in [5.74, 6) is -1.13. The lowest BCUT2D eigenvalue weighted by molar-refractivity contribution is -0.255. The number of carbonyl (C=O) groups is 1. The highest BCUT2D eigenvalue weighted by molar-refractivity contribution is 7.95. The van der Waals surface area contributed by atoms with Gasteiger partial charge in [0.2, 0.25) is 0 Å². The molecule has 0 aliphatic carbocycles. The first-order valence-corrected chi connectivity index (χ1v) is 11.5. The van der Waals surface area contributed by atoms with Gasteiger partial charge in [-0.25, -0.2) is 0 Å². The molecule has 0 aromatic heterocycles. The number of rotatable bonds is 6. The van der Waals surface area contributed by atoms with Crippen LogP contribution in [0.25, 0.3) is 0 Å². The van der Waals surface area contributed by atoms with Crippen molar-refractivity contribution in [2.75, 3.05) is 0 Å². The topological polar surface area (TPSA) is 40.1 Å². The van der Waals surface area contributed by atoms with Crippen LogP contribution in [-0.2, 0) is 6.16 Å².